The summed E-state index contributed by atoms with van der Waals surface area (Å²) in [5.74, 6) is -0.978. The van der Waals surface area contributed by atoms with Crippen molar-refractivity contribution in [2.24, 2.45) is 5.16 Å². The third-order valence-electron chi connectivity index (χ3n) is 4.66. The molecule has 2 amide bonds. The number of ether oxygens (including phenoxy) is 2. The van der Waals surface area contributed by atoms with Crippen LogP contribution in [0.4, 0.5) is 10.5 Å². The normalized spacial score (nSPS) is 15.6. The molecule has 2 N–H and O–H groups in total. The van der Waals surface area contributed by atoms with Gasteiger partial charge in [0.2, 0.25) is 5.91 Å². The largest absolute Gasteiger partial charge is 0.462 e. The highest BCUT2D eigenvalue weighted by molar-refractivity contribution is 9.18. The monoisotopic (exact) mass is 517 g/mol. The van der Waals surface area contributed by atoms with Gasteiger partial charge in [-0.05, 0) is 46.6 Å². The van der Waals surface area contributed by atoms with E-state index in [0.717, 1.165) is 5.56 Å². The van der Waals surface area contributed by atoms with Crippen molar-refractivity contribution in [2.45, 2.75) is 38.5 Å². The Morgan fingerprint density at radius 1 is 1.15 bits per heavy atom. The minimum absolute atomic E-state index is 0.0667. The van der Waals surface area contributed by atoms with Gasteiger partial charge in [0.15, 0.2) is 0 Å². The van der Waals surface area contributed by atoms with Crippen molar-refractivity contribution in [1.82, 2.24) is 5.32 Å². The molecular formula is C23H24BrN3O6. The predicted octanol–water partition coefficient (Wildman–Crippen LogP) is 3.98. The van der Waals surface area contributed by atoms with Gasteiger partial charge < -0.3 is 24.9 Å². The van der Waals surface area contributed by atoms with Crippen LogP contribution in [0.25, 0.3) is 0 Å². The number of nitrogens with one attached hydrogen (secondary N) is 2. The first kappa shape index (κ1) is 24.2. The molecule has 174 valence electrons. The van der Waals surface area contributed by atoms with E-state index in [1.54, 1.807) is 25.1 Å². The maximum atomic E-state index is 13.0. The third-order valence-corrected chi connectivity index (χ3v) is 5.13. The maximum absolute atomic E-state index is 13.0. The van der Waals surface area contributed by atoms with Gasteiger partial charge in [0.05, 0.1) is 12.2 Å². The Morgan fingerprint density at radius 3 is 2.64 bits per heavy atom. The number of esters is 1. The summed E-state index contributed by atoms with van der Waals surface area (Å²) in [6.07, 6.45) is -0.488. The summed E-state index contributed by atoms with van der Waals surface area (Å²) in [7, 11) is 0. The molecule has 0 spiro atoms. The zero-order valence-corrected chi connectivity index (χ0v) is 19.5. The quantitative estimate of drug-likeness (QED) is 0.486. The van der Waals surface area contributed by atoms with Crippen LogP contribution >= 0.6 is 15.9 Å². The standard InChI is InChI=1S/C23H24BrN3O6/c1-2-31-22(29)16-9-6-10-17(11-16)25-21(28)19(12-18-13-20(24)27-33-18)26-23(30)32-14-15-7-4-3-5-8-15/h3-11,18-19H,2,12-14H2,1H3,(H,25,28)(H,26,30). The average Bonchev–Trinajstić information content (AvgIpc) is 3.23. The molecule has 0 radical (unpaired) electrons. The Morgan fingerprint density at radius 2 is 1.94 bits per heavy atom. The van der Waals surface area contributed by atoms with Gasteiger partial charge in [-0.3, -0.25) is 4.79 Å². The van der Waals surface area contributed by atoms with E-state index in [1.165, 1.54) is 6.07 Å². The number of alkyl carbamates (subject to hydrolysis) is 1. The molecule has 0 aromatic heterocycles. The minimum Gasteiger partial charge on any atom is -0.462 e. The number of nitrogens with zero attached hydrogens (tertiary/aromatic N) is 1. The second-order valence-corrected chi connectivity index (χ2v) is 8.10. The zero-order chi connectivity index (χ0) is 23.6. The number of hydrogen-bond donors (Lipinski definition) is 2. The first-order valence-corrected chi connectivity index (χ1v) is 11.2. The van der Waals surface area contributed by atoms with Crippen molar-refractivity contribution in [2.75, 3.05) is 11.9 Å². The van der Waals surface area contributed by atoms with E-state index in [1.807, 2.05) is 30.3 Å². The van der Waals surface area contributed by atoms with Crippen molar-refractivity contribution in [3.8, 4) is 0 Å². The van der Waals surface area contributed by atoms with Crippen molar-refractivity contribution >= 4 is 44.2 Å². The number of rotatable bonds is 9. The van der Waals surface area contributed by atoms with Gasteiger partial charge in [0.25, 0.3) is 0 Å². The number of halogens is 1. The number of carbonyl (C=O) groups is 3. The molecule has 0 aliphatic carbocycles. The number of anilines is 1. The Labute approximate surface area is 199 Å². The summed E-state index contributed by atoms with van der Waals surface area (Å²) in [6.45, 7) is 2.02. The molecule has 2 aromatic rings. The van der Waals surface area contributed by atoms with Crippen LogP contribution in [0.2, 0.25) is 0 Å². The van der Waals surface area contributed by atoms with Gasteiger partial charge in [-0.15, -0.1) is 0 Å². The molecule has 33 heavy (non-hydrogen) atoms. The van der Waals surface area contributed by atoms with E-state index < -0.39 is 30.1 Å². The highest BCUT2D eigenvalue weighted by Crippen LogP contribution is 2.20. The summed E-state index contributed by atoms with van der Waals surface area (Å²) in [5, 5.41) is 9.14. The molecule has 1 aliphatic heterocycles. The molecule has 3 rings (SSSR count). The SMILES string of the molecule is CCOC(=O)c1cccc(NC(=O)C(CC2CC(Br)=NO2)NC(=O)OCc2ccccc2)c1. The Bertz CT molecular complexity index is 1010. The minimum atomic E-state index is -0.960. The van der Waals surface area contributed by atoms with Gasteiger partial charge in [0, 0.05) is 18.5 Å². The zero-order valence-electron chi connectivity index (χ0n) is 18.0. The molecule has 0 fully saturated rings. The van der Waals surface area contributed by atoms with Gasteiger partial charge in [-0.25, -0.2) is 9.59 Å². The molecule has 9 nitrogen and oxygen atoms in total. The van der Waals surface area contributed by atoms with Gasteiger partial charge in [-0.1, -0.05) is 41.6 Å². The highest BCUT2D eigenvalue weighted by atomic mass is 79.9. The second kappa shape index (κ2) is 12.0. The first-order valence-electron chi connectivity index (χ1n) is 10.4. The lowest BCUT2D eigenvalue weighted by molar-refractivity contribution is -0.119. The second-order valence-electron chi connectivity index (χ2n) is 7.18. The molecule has 1 aliphatic rings. The summed E-state index contributed by atoms with van der Waals surface area (Å²) < 4.78 is 10.9. The summed E-state index contributed by atoms with van der Waals surface area (Å²) in [5.41, 5.74) is 1.51. The molecule has 10 heteroatoms. The molecule has 0 bridgehead atoms. The molecule has 2 aromatic carbocycles. The predicted molar refractivity (Wildman–Crippen MR) is 125 cm³/mol. The number of carbonyl (C=O) groups excluding carboxylic acids is 3. The van der Waals surface area contributed by atoms with Gasteiger partial charge in [0.1, 0.15) is 23.4 Å². The number of amides is 2. The summed E-state index contributed by atoms with van der Waals surface area (Å²) in [4.78, 5) is 42.6. The van der Waals surface area contributed by atoms with Crippen LogP contribution in [0.5, 0.6) is 0 Å². The Kier molecular flexibility index (Phi) is 8.82. The van der Waals surface area contributed by atoms with E-state index in [0.29, 0.717) is 22.3 Å². The van der Waals surface area contributed by atoms with Crippen LogP contribution in [0.15, 0.2) is 59.8 Å². The van der Waals surface area contributed by atoms with Crippen molar-refractivity contribution in [1.29, 1.82) is 0 Å². The molecular weight excluding hydrogens is 494 g/mol. The maximum Gasteiger partial charge on any atom is 0.408 e. The number of benzene rings is 2. The molecule has 2 atom stereocenters. The van der Waals surface area contributed by atoms with Crippen LogP contribution < -0.4 is 10.6 Å². The Hall–Kier alpha value is -3.40. The lowest BCUT2D eigenvalue weighted by atomic mass is 10.1. The lowest BCUT2D eigenvalue weighted by Crippen LogP contribution is -2.46. The smallest absolute Gasteiger partial charge is 0.408 e. The lowest BCUT2D eigenvalue weighted by Gasteiger charge is -2.20. The summed E-state index contributed by atoms with van der Waals surface area (Å²) in [6, 6.07) is 14.6. The van der Waals surface area contributed by atoms with E-state index in [-0.39, 0.29) is 19.6 Å². The van der Waals surface area contributed by atoms with E-state index >= 15 is 0 Å². The molecule has 2 unspecified atom stereocenters. The number of hydrogen-bond acceptors (Lipinski definition) is 7. The van der Waals surface area contributed by atoms with Gasteiger partial charge >= 0.3 is 12.1 Å². The molecule has 0 saturated carbocycles. The van der Waals surface area contributed by atoms with Crippen LogP contribution in [0.1, 0.15) is 35.7 Å². The van der Waals surface area contributed by atoms with Crippen molar-refractivity contribution in [3.05, 3.63) is 65.7 Å². The number of oxime groups is 1. The van der Waals surface area contributed by atoms with Crippen LogP contribution in [-0.2, 0) is 25.7 Å². The van der Waals surface area contributed by atoms with Gasteiger partial charge in [-0.2, -0.15) is 0 Å². The van der Waals surface area contributed by atoms with Crippen molar-refractivity contribution in [3.63, 3.8) is 0 Å². The fraction of sp³-hybridized carbons (Fsp3) is 0.304. The molecule has 1 heterocycles. The average molecular weight is 518 g/mol. The van der Waals surface area contributed by atoms with Crippen LogP contribution in [0, 0.1) is 0 Å². The highest BCUT2D eigenvalue weighted by Gasteiger charge is 2.30. The van der Waals surface area contributed by atoms with E-state index in [2.05, 4.69) is 31.7 Å². The van der Waals surface area contributed by atoms with E-state index in [9.17, 15) is 14.4 Å². The first-order chi connectivity index (χ1) is 15.9. The van der Waals surface area contributed by atoms with E-state index in [4.69, 9.17) is 14.3 Å². The fourth-order valence-electron chi connectivity index (χ4n) is 3.09. The van der Waals surface area contributed by atoms with Crippen LogP contribution in [-0.4, -0.2) is 41.3 Å². The fourth-order valence-corrected chi connectivity index (χ4v) is 3.53. The third kappa shape index (κ3) is 7.60. The molecule has 0 saturated heterocycles. The van der Waals surface area contributed by atoms with Crippen molar-refractivity contribution < 1.29 is 28.7 Å². The Balaban J connectivity index is 1.65. The van der Waals surface area contributed by atoms with Crippen LogP contribution in [0.3, 0.4) is 0 Å². The summed E-state index contributed by atoms with van der Waals surface area (Å²) >= 11 is 3.26. The topological polar surface area (TPSA) is 115 Å².